The third-order valence-electron chi connectivity index (χ3n) is 1.34. The standard InChI is InChI=1S/C7H8N4O2/c1-5(12)11(8)7(13)6-4-9-2-3-10-6/h2-4H,8H2,1H3. The lowest BCUT2D eigenvalue weighted by Gasteiger charge is -2.10. The first-order valence-corrected chi connectivity index (χ1v) is 3.48. The van der Waals surface area contributed by atoms with Crippen molar-refractivity contribution in [1.29, 1.82) is 0 Å². The number of carbonyl (C=O) groups excluding carboxylic acids is 2. The summed E-state index contributed by atoms with van der Waals surface area (Å²) in [5, 5.41) is 0.490. The summed E-state index contributed by atoms with van der Waals surface area (Å²) in [6.45, 7) is 1.19. The van der Waals surface area contributed by atoms with Gasteiger partial charge in [-0.2, -0.15) is 0 Å². The van der Waals surface area contributed by atoms with Gasteiger partial charge >= 0.3 is 0 Å². The van der Waals surface area contributed by atoms with Crippen LogP contribution in [0.25, 0.3) is 0 Å². The molecule has 1 rings (SSSR count). The number of amides is 2. The largest absolute Gasteiger partial charge is 0.295 e. The van der Waals surface area contributed by atoms with Crippen molar-refractivity contribution in [1.82, 2.24) is 15.0 Å². The number of aromatic nitrogens is 2. The Kier molecular flexibility index (Phi) is 2.65. The first kappa shape index (κ1) is 9.27. The quantitative estimate of drug-likeness (QED) is 0.352. The summed E-state index contributed by atoms with van der Waals surface area (Å²) in [6, 6.07) is 0. The van der Waals surface area contributed by atoms with Crippen LogP contribution in [0.3, 0.4) is 0 Å². The highest BCUT2D eigenvalue weighted by atomic mass is 16.2. The predicted octanol–water partition coefficient (Wildman–Crippen LogP) is -0.661. The summed E-state index contributed by atoms with van der Waals surface area (Å²) >= 11 is 0. The molecule has 0 unspecified atom stereocenters. The number of imide groups is 1. The van der Waals surface area contributed by atoms with Crippen molar-refractivity contribution < 1.29 is 9.59 Å². The van der Waals surface area contributed by atoms with Gasteiger partial charge in [-0.25, -0.2) is 15.8 Å². The van der Waals surface area contributed by atoms with Gasteiger partial charge in [0.05, 0.1) is 6.20 Å². The molecule has 0 saturated carbocycles. The van der Waals surface area contributed by atoms with Gasteiger partial charge in [-0.3, -0.25) is 14.6 Å². The molecule has 0 bridgehead atoms. The maximum absolute atomic E-state index is 11.3. The molecular weight excluding hydrogens is 172 g/mol. The highest BCUT2D eigenvalue weighted by Gasteiger charge is 2.16. The molecule has 13 heavy (non-hydrogen) atoms. The molecule has 0 fully saturated rings. The number of nitrogens with zero attached hydrogens (tertiary/aromatic N) is 3. The molecule has 0 aromatic carbocycles. The van der Waals surface area contributed by atoms with E-state index >= 15 is 0 Å². The van der Waals surface area contributed by atoms with Crippen LogP contribution >= 0.6 is 0 Å². The molecule has 6 nitrogen and oxygen atoms in total. The Labute approximate surface area is 74.4 Å². The van der Waals surface area contributed by atoms with Crippen LogP contribution in [0.2, 0.25) is 0 Å². The predicted molar refractivity (Wildman–Crippen MR) is 43.1 cm³/mol. The molecule has 0 radical (unpaired) electrons. The monoisotopic (exact) mass is 180 g/mol. The third kappa shape index (κ3) is 2.06. The second-order valence-electron chi connectivity index (χ2n) is 2.28. The van der Waals surface area contributed by atoms with Gasteiger partial charge in [0.2, 0.25) is 5.91 Å². The minimum absolute atomic E-state index is 0.0419. The van der Waals surface area contributed by atoms with E-state index in [1.54, 1.807) is 0 Å². The van der Waals surface area contributed by atoms with Crippen molar-refractivity contribution in [2.45, 2.75) is 6.92 Å². The van der Waals surface area contributed by atoms with Crippen LogP contribution in [0, 0.1) is 0 Å². The van der Waals surface area contributed by atoms with Gasteiger partial charge in [0.15, 0.2) is 0 Å². The van der Waals surface area contributed by atoms with Gasteiger partial charge in [-0.15, -0.1) is 0 Å². The number of carbonyl (C=O) groups is 2. The summed E-state index contributed by atoms with van der Waals surface area (Å²) in [7, 11) is 0. The Hall–Kier alpha value is -1.82. The Bertz CT molecular complexity index is 325. The van der Waals surface area contributed by atoms with E-state index < -0.39 is 11.8 Å². The molecule has 68 valence electrons. The second-order valence-corrected chi connectivity index (χ2v) is 2.28. The summed E-state index contributed by atoms with van der Waals surface area (Å²) in [4.78, 5) is 29.3. The number of nitrogens with two attached hydrogens (primary N) is 1. The van der Waals surface area contributed by atoms with Gasteiger partial charge in [0.1, 0.15) is 5.69 Å². The van der Waals surface area contributed by atoms with Crippen molar-refractivity contribution in [2.75, 3.05) is 0 Å². The molecule has 0 spiro atoms. The summed E-state index contributed by atoms with van der Waals surface area (Å²) < 4.78 is 0. The lowest BCUT2D eigenvalue weighted by atomic mass is 10.4. The van der Waals surface area contributed by atoms with E-state index in [2.05, 4.69) is 9.97 Å². The van der Waals surface area contributed by atoms with Crippen molar-refractivity contribution in [3.05, 3.63) is 24.3 Å². The fourth-order valence-electron chi connectivity index (χ4n) is 0.676. The summed E-state index contributed by atoms with van der Waals surface area (Å²) in [6.07, 6.45) is 4.01. The maximum Gasteiger partial charge on any atom is 0.295 e. The summed E-state index contributed by atoms with van der Waals surface area (Å²) in [5.74, 6) is 3.95. The van der Waals surface area contributed by atoms with Gasteiger partial charge in [0, 0.05) is 19.3 Å². The Morgan fingerprint density at radius 1 is 1.46 bits per heavy atom. The number of hydrogen-bond donors (Lipinski definition) is 1. The topological polar surface area (TPSA) is 89.2 Å². The zero-order chi connectivity index (χ0) is 9.84. The zero-order valence-corrected chi connectivity index (χ0v) is 6.97. The SMILES string of the molecule is CC(=O)N(N)C(=O)c1cnccn1. The third-order valence-corrected chi connectivity index (χ3v) is 1.34. The molecule has 0 atom stereocenters. The highest BCUT2D eigenvalue weighted by molar-refractivity contribution is 6.01. The molecule has 0 aliphatic heterocycles. The van der Waals surface area contributed by atoms with E-state index in [4.69, 9.17) is 5.84 Å². The number of hydrazine groups is 1. The lowest BCUT2D eigenvalue weighted by Crippen LogP contribution is -2.41. The molecule has 6 heteroatoms. The summed E-state index contributed by atoms with van der Waals surface area (Å²) in [5.41, 5.74) is 0.0419. The first-order valence-electron chi connectivity index (χ1n) is 3.48. The normalized spacial score (nSPS) is 9.38. The van der Waals surface area contributed by atoms with E-state index in [1.807, 2.05) is 0 Å². The minimum atomic E-state index is -0.666. The highest BCUT2D eigenvalue weighted by Crippen LogP contribution is 1.95. The van der Waals surface area contributed by atoms with Crippen molar-refractivity contribution in [2.24, 2.45) is 5.84 Å². The molecule has 1 aromatic heterocycles. The molecule has 0 saturated heterocycles. The minimum Gasteiger partial charge on any atom is -0.273 e. The number of rotatable bonds is 1. The zero-order valence-electron chi connectivity index (χ0n) is 6.97. The molecule has 0 aliphatic carbocycles. The average Bonchev–Trinajstić information content (AvgIpc) is 2.17. The van der Waals surface area contributed by atoms with Gasteiger partial charge in [-0.1, -0.05) is 0 Å². The van der Waals surface area contributed by atoms with Crippen LogP contribution in [-0.4, -0.2) is 26.8 Å². The average molecular weight is 180 g/mol. The molecule has 0 aliphatic rings. The lowest BCUT2D eigenvalue weighted by molar-refractivity contribution is -0.126. The Morgan fingerprint density at radius 3 is 2.62 bits per heavy atom. The van der Waals surface area contributed by atoms with Crippen molar-refractivity contribution >= 4 is 11.8 Å². The van der Waals surface area contributed by atoms with E-state index in [1.165, 1.54) is 25.5 Å². The smallest absolute Gasteiger partial charge is 0.273 e. The van der Waals surface area contributed by atoms with Gasteiger partial charge in [0.25, 0.3) is 5.91 Å². The second kappa shape index (κ2) is 3.72. The van der Waals surface area contributed by atoms with Crippen LogP contribution in [0.4, 0.5) is 0 Å². The van der Waals surface area contributed by atoms with Crippen molar-refractivity contribution in [3.8, 4) is 0 Å². The Morgan fingerprint density at radius 2 is 2.15 bits per heavy atom. The van der Waals surface area contributed by atoms with Crippen LogP contribution in [-0.2, 0) is 4.79 Å². The van der Waals surface area contributed by atoms with E-state index in [0.29, 0.717) is 5.01 Å². The first-order chi connectivity index (χ1) is 6.13. The van der Waals surface area contributed by atoms with Crippen molar-refractivity contribution in [3.63, 3.8) is 0 Å². The van der Waals surface area contributed by atoms with Crippen LogP contribution in [0.5, 0.6) is 0 Å². The fraction of sp³-hybridized carbons (Fsp3) is 0.143. The molecule has 2 amide bonds. The maximum atomic E-state index is 11.3. The molecular formula is C7H8N4O2. The number of hydrogen-bond acceptors (Lipinski definition) is 5. The Balaban J connectivity index is 2.86. The van der Waals surface area contributed by atoms with E-state index in [9.17, 15) is 9.59 Å². The van der Waals surface area contributed by atoms with Gasteiger partial charge < -0.3 is 0 Å². The van der Waals surface area contributed by atoms with Crippen LogP contribution in [0.1, 0.15) is 17.4 Å². The molecule has 1 heterocycles. The van der Waals surface area contributed by atoms with Crippen LogP contribution < -0.4 is 5.84 Å². The van der Waals surface area contributed by atoms with Crippen LogP contribution in [0.15, 0.2) is 18.6 Å². The fourth-order valence-corrected chi connectivity index (χ4v) is 0.676. The van der Waals surface area contributed by atoms with E-state index in [0.717, 1.165) is 0 Å². The molecule has 2 N–H and O–H groups in total. The van der Waals surface area contributed by atoms with E-state index in [-0.39, 0.29) is 5.69 Å². The van der Waals surface area contributed by atoms with Gasteiger partial charge in [-0.05, 0) is 0 Å². The molecule has 1 aromatic rings.